The van der Waals surface area contributed by atoms with Gasteiger partial charge in [-0.3, -0.25) is 14.2 Å². The van der Waals surface area contributed by atoms with Gasteiger partial charge in [0.2, 0.25) is 5.91 Å². The summed E-state index contributed by atoms with van der Waals surface area (Å²) in [6.45, 7) is 1.71. The number of ether oxygens (including phenoxy) is 1. The predicted molar refractivity (Wildman–Crippen MR) is 117 cm³/mol. The normalized spacial score (nSPS) is 16.2. The van der Waals surface area contributed by atoms with Crippen LogP contribution in [0.3, 0.4) is 0 Å². The van der Waals surface area contributed by atoms with Gasteiger partial charge in [-0.1, -0.05) is 53.3 Å². The van der Waals surface area contributed by atoms with Crippen molar-refractivity contribution in [2.45, 2.75) is 13.0 Å². The fraction of sp³-hybridized carbons (Fsp3) is 0.136. The van der Waals surface area contributed by atoms with Gasteiger partial charge in [-0.25, -0.2) is 4.99 Å². The number of allylic oxidation sites excluding steroid dienone is 1. The maximum atomic E-state index is 13.4. The minimum atomic E-state index is -0.731. The van der Waals surface area contributed by atoms with E-state index in [1.807, 2.05) is 30.3 Å². The summed E-state index contributed by atoms with van der Waals surface area (Å²) in [7, 11) is 1.60. The molecular formula is C22H18ClN3O3S. The molecule has 6 nitrogen and oxygen atoms in total. The van der Waals surface area contributed by atoms with Crippen LogP contribution in [0.5, 0.6) is 5.75 Å². The van der Waals surface area contributed by atoms with Gasteiger partial charge in [-0.2, -0.15) is 0 Å². The molecule has 1 aliphatic rings. The molecule has 1 aromatic heterocycles. The Hall–Kier alpha value is -3.16. The Balaban J connectivity index is 1.96. The largest absolute Gasteiger partial charge is 0.497 e. The second-order valence-corrected chi connectivity index (χ2v) is 8.16. The predicted octanol–water partition coefficient (Wildman–Crippen LogP) is 2.38. The average molecular weight is 440 g/mol. The number of hydrogen-bond donors (Lipinski definition) is 1. The van der Waals surface area contributed by atoms with Crippen LogP contribution in [0.4, 0.5) is 0 Å². The molecule has 0 radical (unpaired) electrons. The molecule has 0 spiro atoms. The number of nitrogens with zero attached hydrogens (tertiary/aromatic N) is 2. The van der Waals surface area contributed by atoms with Crippen molar-refractivity contribution in [3.8, 4) is 5.75 Å². The molecule has 1 atom stereocenters. The Bertz CT molecular complexity index is 1350. The molecule has 0 saturated heterocycles. The zero-order valence-corrected chi connectivity index (χ0v) is 17.8. The fourth-order valence-electron chi connectivity index (χ4n) is 3.48. The lowest BCUT2D eigenvalue weighted by Crippen LogP contribution is -2.40. The molecule has 4 rings (SSSR count). The molecule has 0 unspecified atom stereocenters. The maximum absolute atomic E-state index is 13.4. The number of thiazole rings is 1. The van der Waals surface area contributed by atoms with Crippen LogP contribution < -0.4 is 25.4 Å². The van der Waals surface area contributed by atoms with Gasteiger partial charge in [-0.05, 0) is 42.3 Å². The Morgan fingerprint density at radius 1 is 1.23 bits per heavy atom. The highest BCUT2D eigenvalue weighted by Gasteiger charge is 2.32. The van der Waals surface area contributed by atoms with Gasteiger partial charge in [0.05, 0.1) is 29.0 Å². The molecule has 2 heterocycles. The lowest BCUT2D eigenvalue weighted by Gasteiger charge is -2.24. The van der Waals surface area contributed by atoms with Gasteiger partial charge in [0.1, 0.15) is 5.75 Å². The Morgan fingerprint density at radius 2 is 1.93 bits per heavy atom. The number of amides is 1. The molecule has 30 heavy (non-hydrogen) atoms. The number of fused-ring (bicyclic) bond motifs is 1. The molecular weight excluding hydrogens is 422 g/mol. The molecule has 1 aliphatic heterocycles. The molecule has 152 valence electrons. The zero-order chi connectivity index (χ0) is 21.4. The first-order valence-electron chi connectivity index (χ1n) is 9.11. The van der Waals surface area contributed by atoms with Gasteiger partial charge in [-0.15, -0.1) is 0 Å². The maximum Gasteiger partial charge on any atom is 0.271 e. The second kappa shape index (κ2) is 7.93. The summed E-state index contributed by atoms with van der Waals surface area (Å²) in [5, 5.41) is 0.445. The molecule has 3 aromatic rings. The monoisotopic (exact) mass is 439 g/mol. The van der Waals surface area contributed by atoms with Crippen molar-refractivity contribution in [3.63, 3.8) is 0 Å². The third-order valence-corrected chi connectivity index (χ3v) is 6.23. The molecule has 8 heteroatoms. The Morgan fingerprint density at radius 3 is 2.57 bits per heavy atom. The van der Waals surface area contributed by atoms with E-state index in [1.54, 1.807) is 38.3 Å². The van der Waals surface area contributed by atoms with E-state index in [9.17, 15) is 9.59 Å². The smallest absolute Gasteiger partial charge is 0.271 e. The summed E-state index contributed by atoms with van der Waals surface area (Å²) in [4.78, 5) is 30.6. The van der Waals surface area contributed by atoms with Gasteiger partial charge in [0, 0.05) is 5.02 Å². The molecule has 1 amide bonds. The number of halogens is 1. The quantitative estimate of drug-likeness (QED) is 0.677. The minimum absolute atomic E-state index is 0.256. The van der Waals surface area contributed by atoms with Crippen LogP contribution in [0.1, 0.15) is 24.1 Å². The molecule has 0 aliphatic carbocycles. The van der Waals surface area contributed by atoms with Gasteiger partial charge >= 0.3 is 0 Å². The number of benzene rings is 2. The van der Waals surface area contributed by atoms with Crippen molar-refractivity contribution < 1.29 is 9.53 Å². The van der Waals surface area contributed by atoms with E-state index in [-0.39, 0.29) is 11.1 Å². The van der Waals surface area contributed by atoms with Crippen LogP contribution in [0, 0.1) is 0 Å². The van der Waals surface area contributed by atoms with E-state index in [4.69, 9.17) is 22.1 Å². The van der Waals surface area contributed by atoms with Crippen molar-refractivity contribution in [2.24, 2.45) is 10.7 Å². The molecule has 2 N–H and O–H groups in total. The fourth-order valence-corrected chi connectivity index (χ4v) is 4.76. The number of methoxy groups -OCH3 is 1. The van der Waals surface area contributed by atoms with E-state index < -0.39 is 11.9 Å². The number of carbonyl (C=O) groups excluding carboxylic acids is 1. The van der Waals surface area contributed by atoms with Crippen LogP contribution >= 0.6 is 22.9 Å². The highest BCUT2D eigenvalue weighted by molar-refractivity contribution is 7.07. The van der Waals surface area contributed by atoms with Crippen molar-refractivity contribution in [2.75, 3.05) is 7.11 Å². The second-order valence-electron chi connectivity index (χ2n) is 6.74. The van der Waals surface area contributed by atoms with Crippen molar-refractivity contribution in [3.05, 3.63) is 95.6 Å². The summed E-state index contributed by atoms with van der Waals surface area (Å²) in [6.07, 6.45) is 1.79. The van der Waals surface area contributed by atoms with E-state index in [2.05, 4.69) is 4.99 Å². The van der Waals surface area contributed by atoms with E-state index in [0.29, 0.717) is 25.6 Å². The summed E-state index contributed by atoms with van der Waals surface area (Å²) in [6, 6.07) is 13.8. The number of primary amides is 1. The molecule has 0 bridgehead atoms. The van der Waals surface area contributed by atoms with E-state index >= 15 is 0 Å². The van der Waals surface area contributed by atoms with Crippen molar-refractivity contribution in [1.82, 2.24) is 4.57 Å². The number of hydrogen-bond acceptors (Lipinski definition) is 5. The van der Waals surface area contributed by atoms with E-state index in [1.165, 1.54) is 15.9 Å². The number of nitrogens with two attached hydrogens (primary N) is 1. The summed E-state index contributed by atoms with van der Waals surface area (Å²) in [5.41, 5.74) is 7.62. The van der Waals surface area contributed by atoms with Crippen LogP contribution in [0.15, 0.2) is 69.6 Å². The van der Waals surface area contributed by atoms with Gasteiger partial charge in [0.15, 0.2) is 4.80 Å². The Labute approximate surface area is 181 Å². The minimum Gasteiger partial charge on any atom is -0.497 e. The first-order valence-corrected chi connectivity index (χ1v) is 10.3. The summed E-state index contributed by atoms with van der Waals surface area (Å²) < 4.78 is 7.17. The summed E-state index contributed by atoms with van der Waals surface area (Å²) in [5.74, 6) is 0.0969. The standard InChI is InChI=1S/C22H18ClN3O3S/c1-12-18(20(24)27)19(15-5-3-4-6-16(15)23)26-21(28)17(30-22(26)25-12)11-13-7-9-14(29-2)10-8-13/h3-11,19H,1-2H3,(H2,24,27)/b17-11+/t19-/m1/s1. The van der Waals surface area contributed by atoms with Crippen molar-refractivity contribution in [1.29, 1.82) is 0 Å². The zero-order valence-electron chi connectivity index (χ0n) is 16.3. The highest BCUT2D eigenvalue weighted by atomic mass is 35.5. The van der Waals surface area contributed by atoms with Crippen molar-refractivity contribution >= 4 is 34.9 Å². The third-order valence-electron chi connectivity index (χ3n) is 4.90. The SMILES string of the molecule is COc1ccc(/C=c2/sc3n(c2=O)[C@H](c2ccccc2Cl)C(C(N)=O)=C(C)N=3)cc1. The Kier molecular flexibility index (Phi) is 5.32. The number of rotatable bonds is 4. The van der Waals surface area contributed by atoms with Gasteiger partial charge in [0.25, 0.3) is 5.56 Å². The van der Waals surface area contributed by atoms with Gasteiger partial charge < -0.3 is 10.5 Å². The molecule has 2 aromatic carbocycles. The lowest BCUT2D eigenvalue weighted by molar-refractivity contribution is -0.115. The highest BCUT2D eigenvalue weighted by Crippen LogP contribution is 2.33. The molecule has 0 saturated carbocycles. The third kappa shape index (κ3) is 3.46. The first-order chi connectivity index (χ1) is 14.4. The summed E-state index contributed by atoms with van der Waals surface area (Å²) >= 11 is 7.68. The average Bonchev–Trinajstić information content (AvgIpc) is 3.02. The molecule has 0 fully saturated rings. The van der Waals surface area contributed by atoms with Crippen LogP contribution in [-0.2, 0) is 4.79 Å². The van der Waals surface area contributed by atoms with Crippen LogP contribution in [-0.4, -0.2) is 17.6 Å². The topological polar surface area (TPSA) is 86.7 Å². The van der Waals surface area contributed by atoms with E-state index in [0.717, 1.165) is 11.3 Å². The van der Waals surface area contributed by atoms with Crippen LogP contribution in [0.25, 0.3) is 6.08 Å². The number of carbonyl (C=O) groups is 1. The first kappa shape index (κ1) is 20.1. The van der Waals surface area contributed by atoms with Crippen LogP contribution in [0.2, 0.25) is 5.02 Å². The lowest BCUT2D eigenvalue weighted by atomic mass is 9.95. The number of aromatic nitrogens is 1.